The van der Waals surface area contributed by atoms with Crippen molar-refractivity contribution >= 4 is 29.3 Å². The van der Waals surface area contributed by atoms with E-state index in [1.54, 1.807) is 12.1 Å². The van der Waals surface area contributed by atoms with Gasteiger partial charge in [0.25, 0.3) is 0 Å². The van der Waals surface area contributed by atoms with Crippen LogP contribution in [-0.2, 0) is 10.2 Å². The molecular weight excluding hydrogens is 359 g/mol. The van der Waals surface area contributed by atoms with Crippen LogP contribution in [0.25, 0.3) is 0 Å². The van der Waals surface area contributed by atoms with Crippen molar-refractivity contribution < 1.29 is 18.7 Å². The second-order valence-corrected chi connectivity index (χ2v) is 6.69. The summed E-state index contributed by atoms with van der Waals surface area (Å²) >= 11 is 6.07. The Morgan fingerprint density at radius 2 is 1.88 bits per heavy atom. The summed E-state index contributed by atoms with van der Waals surface area (Å²) in [6.07, 6.45) is 1.86. The summed E-state index contributed by atoms with van der Waals surface area (Å²) in [6.45, 7) is 0.429. The number of nitrogens with one attached hydrogen (secondary N) is 2. The summed E-state index contributed by atoms with van der Waals surface area (Å²) in [6, 6.07) is 10.4. The van der Waals surface area contributed by atoms with Crippen molar-refractivity contribution in [3.8, 4) is 0 Å². The highest BCUT2D eigenvalue weighted by Gasteiger charge is 2.44. The molecule has 0 heterocycles. The maximum Gasteiger partial charge on any atom is 0.337 e. The Labute approximate surface area is 155 Å². The van der Waals surface area contributed by atoms with E-state index in [-0.39, 0.29) is 16.8 Å². The number of carbonyl (C=O) groups excluding carboxylic acids is 2. The number of ether oxygens (including phenoxy) is 1. The quantitative estimate of drug-likeness (QED) is 0.771. The average Bonchev–Trinajstić information content (AvgIpc) is 3.43. The van der Waals surface area contributed by atoms with Gasteiger partial charge >= 0.3 is 12.0 Å². The van der Waals surface area contributed by atoms with E-state index < -0.39 is 12.0 Å². The molecule has 1 aliphatic carbocycles. The molecule has 0 unspecified atom stereocenters. The smallest absolute Gasteiger partial charge is 0.337 e. The SMILES string of the molecule is COC(=O)c1ccc(Cl)c(NC(=O)NCC2(c3ccc(F)cc3)CC2)c1. The summed E-state index contributed by atoms with van der Waals surface area (Å²) in [5, 5.41) is 5.77. The van der Waals surface area contributed by atoms with Crippen LogP contribution in [0.2, 0.25) is 5.02 Å². The standard InChI is InChI=1S/C19H18ClFN2O3/c1-26-17(24)12-2-7-15(20)16(10-12)23-18(25)22-11-19(8-9-19)13-3-5-14(21)6-4-13/h2-7,10H,8-9,11H2,1H3,(H2,22,23,25). The van der Waals surface area contributed by atoms with Crippen molar-refractivity contribution in [2.75, 3.05) is 19.0 Å². The molecule has 1 aliphatic rings. The van der Waals surface area contributed by atoms with E-state index in [0.29, 0.717) is 17.3 Å². The third kappa shape index (κ3) is 3.96. The highest BCUT2D eigenvalue weighted by Crippen LogP contribution is 2.47. The van der Waals surface area contributed by atoms with Gasteiger partial charge in [-0.3, -0.25) is 0 Å². The third-order valence-electron chi connectivity index (χ3n) is 4.53. The first-order valence-corrected chi connectivity index (χ1v) is 8.50. The lowest BCUT2D eigenvalue weighted by molar-refractivity contribution is 0.0600. The molecule has 0 spiro atoms. The van der Waals surface area contributed by atoms with Crippen LogP contribution in [-0.4, -0.2) is 25.7 Å². The molecule has 0 aliphatic heterocycles. The summed E-state index contributed by atoms with van der Waals surface area (Å²) in [7, 11) is 1.28. The van der Waals surface area contributed by atoms with Crippen LogP contribution in [0.5, 0.6) is 0 Å². The van der Waals surface area contributed by atoms with Crippen molar-refractivity contribution in [3.63, 3.8) is 0 Å². The van der Waals surface area contributed by atoms with Gasteiger partial charge in [0.1, 0.15) is 5.82 Å². The lowest BCUT2D eigenvalue weighted by Crippen LogP contribution is -2.35. The summed E-state index contributed by atoms with van der Waals surface area (Å²) in [4.78, 5) is 23.8. The van der Waals surface area contributed by atoms with Gasteiger partial charge < -0.3 is 15.4 Å². The molecule has 1 fully saturated rings. The molecule has 0 aromatic heterocycles. The predicted molar refractivity (Wildman–Crippen MR) is 97.1 cm³/mol. The number of amides is 2. The van der Waals surface area contributed by atoms with Gasteiger partial charge in [-0.2, -0.15) is 0 Å². The number of esters is 1. The fourth-order valence-corrected chi connectivity index (χ4v) is 2.97. The van der Waals surface area contributed by atoms with E-state index in [2.05, 4.69) is 15.4 Å². The fraction of sp³-hybridized carbons (Fsp3) is 0.263. The van der Waals surface area contributed by atoms with Gasteiger partial charge in [-0.1, -0.05) is 23.7 Å². The molecule has 0 saturated heterocycles. The zero-order valence-corrected chi connectivity index (χ0v) is 14.9. The van der Waals surface area contributed by atoms with Gasteiger partial charge in [0.2, 0.25) is 0 Å². The molecule has 0 radical (unpaired) electrons. The molecule has 0 atom stereocenters. The summed E-state index contributed by atoms with van der Waals surface area (Å²) in [5.74, 6) is -0.797. The molecule has 2 amide bonds. The van der Waals surface area contributed by atoms with Crippen LogP contribution in [0.1, 0.15) is 28.8 Å². The largest absolute Gasteiger partial charge is 0.465 e. The molecule has 5 nitrogen and oxygen atoms in total. The Balaban J connectivity index is 1.63. The highest BCUT2D eigenvalue weighted by molar-refractivity contribution is 6.33. The highest BCUT2D eigenvalue weighted by atomic mass is 35.5. The Kier molecular flexibility index (Phi) is 5.13. The second kappa shape index (κ2) is 7.33. The van der Waals surface area contributed by atoms with Crippen molar-refractivity contribution in [2.24, 2.45) is 0 Å². The molecule has 2 N–H and O–H groups in total. The van der Waals surface area contributed by atoms with E-state index in [1.807, 2.05) is 0 Å². The van der Waals surface area contributed by atoms with Crippen molar-refractivity contribution in [3.05, 3.63) is 64.4 Å². The van der Waals surface area contributed by atoms with Crippen LogP contribution in [0.3, 0.4) is 0 Å². The molecule has 7 heteroatoms. The Morgan fingerprint density at radius 1 is 1.19 bits per heavy atom. The molecule has 2 aromatic carbocycles. The van der Waals surface area contributed by atoms with E-state index in [0.717, 1.165) is 18.4 Å². The molecule has 136 valence electrons. The topological polar surface area (TPSA) is 67.4 Å². The number of urea groups is 1. The van der Waals surface area contributed by atoms with E-state index in [9.17, 15) is 14.0 Å². The van der Waals surface area contributed by atoms with Crippen molar-refractivity contribution in [1.29, 1.82) is 0 Å². The maximum absolute atomic E-state index is 13.1. The van der Waals surface area contributed by atoms with Gasteiger partial charge in [-0.15, -0.1) is 0 Å². The normalized spacial score (nSPS) is 14.4. The maximum atomic E-state index is 13.1. The number of benzene rings is 2. The third-order valence-corrected chi connectivity index (χ3v) is 4.86. The number of halogens is 2. The van der Waals surface area contributed by atoms with Crippen LogP contribution < -0.4 is 10.6 Å². The molecule has 2 aromatic rings. The Hall–Kier alpha value is -2.60. The van der Waals surface area contributed by atoms with Crippen LogP contribution in [0.15, 0.2) is 42.5 Å². The van der Waals surface area contributed by atoms with Crippen LogP contribution >= 0.6 is 11.6 Å². The molecule has 26 heavy (non-hydrogen) atoms. The van der Waals surface area contributed by atoms with Crippen LogP contribution in [0.4, 0.5) is 14.9 Å². The van der Waals surface area contributed by atoms with Gasteiger partial charge in [-0.05, 0) is 48.7 Å². The van der Waals surface area contributed by atoms with E-state index in [4.69, 9.17) is 11.6 Å². The molecule has 0 bridgehead atoms. The lowest BCUT2D eigenvalue weighted by atomic mass is 9.96. The lowest BCUT2D eigenvalue weighted by Gasteiger charge is -2.17. The first-order valence-electron chi connectivity index (χ1n) is 8.12. The summed E-state index contributed by atoms with van der Waals surface area (Å²) in [5.41, 5.74) is 1.46. The molecular formula is C19H18ClFN2O3. The molecule has 3 rings (SSSR count). The van der Waals surface area contributed by atoms with E-state index in [1.165, 1.54) is 37.4 Å². The van der Waals surface area contributed by atoms with Gasteiger partial charge in [0, 0.05) is 12.0 Å². The minimum absolute atomic E-state index is 0.150. The predicted octanol–water partition coefficient (Wildman–Crippen LogP) is 4.12. The monoisotopic (exact) mass is 376 g/mol. The van der Waals surface area contributed by atoms with Crippen molar-refractivity contribution in [2.45, 2.75) is 18.3 Å². The van der Waals surface area contributed by atoms with Crippen LogP contribution in [0, 0.1) is 5.82 Å². The zero-order valence-electron chi connectivity index (χ0n) is 14.1. The first kappa shape index (κ1) is 18.2. The minimum atomic E-state index is -0.515. The number of hydrogen-bond acceptors (Lipinski definition) is 3. The zero-order chi connectivity index (χ0) is 18.7. The van der Waals surface area contributed by atoms with Gasteiger partial charge in [-0.25, -0.2) is 14.0 Å². The Morgan fingerprint density at radius 3 is 2.50 bits per heavy atom. The van der Waals surface area contributed by atoms with Crippen molar-refractivity contribution in [1.82, 2.24) is 5.32 Å². The second-order valence-electron chi connectivity index (χ2n) is 6.28. The number of anilines is 1. The first-order chi connectivity index (χ1) is 12.4. The summed E-state index contributed by atoms with van der Waals surface area (Å²) < 4.78 is 17.7. The number of carbonyl (C=O) groups is 2. The fourth-order valence-electron chi connectivity index (χ4n) is 2.80. The average molecular weight is 377 g/mol. The van der Waals surface area contributed by atoms with E-state index >= 15 is 0 Å². The number of hydrogen-bond donors (Lipinski definition) is 2. The van der Waals surface area contributed by atoms with Gasteiger partial charge in [0.15, 0.2) is 0 Å². The number of methoxy groups -OCH3 is 1. The van der Waals surface area contributed by atoms with Gasteiger partial charge in [0.05, 0.1) is 23.4 Å². The Bertz CT molecular complexity index is 835. The minimum Gasteiger partial charge on any atom is -0.465 e. The molecule has 1 saturated carbocycles. The number of rotatable bonds is 5.